The van der Waals surface area contributed by atoms with Crippen LogP contribution in [0.3, 0.4) is 0 Å². The van der Waals surface area contributed by atoms with Crippen LogP contribution in [0.15, 0.2) is 47.1 Å². The second kappa shape index (κ2) is 5.96. The first-order valence-corrected chi connectivity index (χ1v) is 6.55. The van der Waals surface area contributed by atoms with Crippen molar-refractivity contribution in [3.05, 3.63) is 58.6 Å². The van der Waals surface area contributed by atoms with Crippen LogP contribution in [0.1, 0.15) is 12.5 Å². The molecule has 0 aliphatic rings. The Labute approximate surface area is 114 Å². The van der Waals surface area contributed by atoms with E-state index in [4.69, 9.17) is 0 Å². The number of aromatic nitrogens is 1. The first-order chi connectivity index (χ1) is 8.63. The van der Waals surface area contributed by atoms with Gasteiger partial charge in [0, 0.05) is 10.5 Å². The average Bonchev–Trinajstić information content (AvgIpc) is 2.35. The van der Waals surface area contributed by atoms with Gasteiger partial charge in [-0.05, 0) is 43.2 Å². The third-order valence-electron chi connectivity index (χ3n) is 2.60. The number of nitrogens with one attached hydrogen (secondary N) is 1. The summed E-state index contributed by atoms with van der Waals surface area (Å²) in [6.07, 6.45) is 2.41. The third kappa shape index (κ3) is 3.81. The predicted octanol–water partition coefficient (Wildman–Crippen LogP) is 4.03. The fourth-order valence-electron chi connectivity index (χ4n) is 1.77. The normalized spacial score (nSPS) is 12.2. The number of rotatable bonds is 4. The van der Waals surface area contributed by atoms with Gasteiger partial charge < -0.3 is 5.32 Å². The maximum atomic E-state index is 12.7. The Morgan fingerprint density at radius 3 is 2.56 bits per heavy atom. The molecule has 0 bridgehead atoms. The highest BCUT2D eigenvalue weighted by molar-refractivity contribution is 9.10. The zero-order valence-corrected chi connectivity index (χ0v) is 11.6. The van der Waals surface area contributed by atoms with Gasteiger partial charge in [-0.3, -0.25) is 0 Å². The van der Waals surface area contributed by atoms with Crippen molar-refractivity contribution in [2.45, 2.75) is 19.4 Å². The molecule has 94 valence electrons. The van der Waals surface area contributed by atoms with Crippen LogP contribution in [0.2, 0.25) is 0 Å². The largest absolute Gasteiger partial charge is 0.381 e. The van der Waals surface area contributed by atoms with Crippen LogP contribution in [-0.4, -0.2) is 11.0 Å². The molecule has 4 heteroatoms. The van der Waals surface area contributed by atoms with Crippen LogP contribution < -0.4 is 5.32 Å². The van der Waals surface area contributed by atoms with Gasteiger partial charge in [-0.15, -0.1) is 0 Å². The molecule has 0 aliphatic heterocycles. The monoisotopic (exact) mass is 308 g/mol. The molecule has 1 unspecified atom stereocenters. The first-order valence-electron chi connectivity index (χ1n) is 5.76. The van der Waals surface area contributed by atoms with E-state index < -0.39 is 5.95 Å². The topological polar surface area (TPSA) is 24.9 Å². The molecule has 0 amide bonds. The summed E-state index contributed by atoms with van der Waals surface area (Å²) in [5.74, 6) is -0.457. The molecule has 0 aliphatic carbocycles. The van der Waals surface area contributed by atoms with Crippen LogP contribution in [-0.2, 0) is 6.42 Å². The number of nitrogens with zero attached hydrogens (tertiary/aromatic N) is 1. The highest BCUT2D eigenvalue weighted by atomic mass is 79.9. The average molecular weight is 309 g/mol. The van der Waals surface area contributed by atoms with Gasteiger partial charge in [-0.25, -0.2) is 4.98 Å². The van der Waals surface area contributed by atoms with E-state index in [-0.39, 0.29) is 6.04 Å². The standard InChI is InChI=1S/C14H14BrFN2/c1-10(8-11-2-4-12(15)5-3-11)18-13-6-7-14(16)17-9-13/h2-7,9-10,18H,8H2,1H3. The summed E-state index contributed by atoms with van der Waals surface area (Å²) in [7, 11) is 0. The number of pyridine rings is 1. The minimum absolute atomic E-state index is 0.262. The molecule has 1 atom stereocenters. The van der Waals surface area contributed by atoms with Gasteiger partial charge in [0.2, 0.25) is 5.95 Å². The molecular formula is C14H14BrFN2. The Bertz CT molecular complexity index is 449. The molecule has 0 spiro atoms. The Hall–Kier alpha value is -1.42. The summed E-state index contributed by atoms with van der Waals surface area (Å²) >= 11 is 3.41. The van der Waals surface area contributed by atoms with E-state index in [0.717, 1.165) is 16.6 Å². The molecule has 2 aromatic rings. The molecule has 2 nitrogen and oxygen atoms in total. The summed E-state index contributed by atoms with van der Waals surface area (Å²) in [6.45, 7) is 2.09. The van der Waals surface area contributed by atoms with E-state index in [0.29, 0.717) is 0 Å². The lowest BCUT2D eigenvalue weighted by molar-refractivity contribution is 0.584. The maximum Gasteiger partial charge on any atom is 0.212 e. The molecule has 1 aromatic heterocycles. The van der Waals surface area contributed by atoms with Crippen LogP contribution in [0.25, 0.3) is 0 Å². The van der Waals surface area contributed by atoms with Crippen molar-refractivity contribution in [3.63, 3.8) is 0 Å². The van der Waals surface area contributed by atoms with Crippen LogP contribution in [0.4, 0.5) is 10.1 Å². The zero-order valence-electron chi connectivity index (χ0n) is 10.0. The van der Waals surface area contributed by atoms with Gasteiger partial charge in [0.25, 0.3) is 0 Å². The molecular weight excluding hydrogens is 295 g/mol. The number of benzene rings is 1. The van der Waals surface area contributed by atoms with E-state index in [2.05, 4.69) is 45.3 Å². The summed E-state index contributed by atoms with van der Waals surface area (Å²) in [6, 6.07) is 11.5. The summed E-state index contributed by atoms with van der Waals surface area (Å²) in [4.78, 5) is 3.62. The van der Waals surface area contributed by atoms with Crippen molar-refractivity contribution in [1.29, 1.82) is 0 Å². The number of anilines is 1. The van der Waals surface area contributed by atoms with Crippen molar-refractivity contribution in [2.24, 2.45) is 0 Å². The number of hydrogen-bond acceptors (Lipinski definition) is 2. The van der Waals surface area contributed by atoms with Crippen LogP contribution in [0.5, 0.6) is 0 Å². The molecule has 0 fully saturated rings. The smallest absolute Gasteiger partial charge is 0.212 e. The van der Waals surface area contributed by atoms with Crippen molar-refractivity contribution in [2.75, 3.05) is 5.32 Å². The van der Waals surface area contributed by atoms with Crippen molar-refractivity contribution >= 4 is 21.6 Å². The Morgan fingerprint density at radius 2 is 1.94 bits per heavy atom. The lowest BCUT2D eigenvalue weighted by Crippen LogP contribution is -2.18. The van der Waals surface area contributed by atoms with E-state index >= 15 is 0 Å². The first kappa shape index (κ1) is 13.0. The maximum absolute atomic E-state index is 12.7. The zero-order chi connectivity index (χ0) is 13.0. The third-order valence-corrected chi connectivity index (χ3v) is 3.12. The summed E-state index contributed by atoms with van der Waals surface area (Å²) < 4.78 is 13.7. The summed E-state index contributed by atoms with van der Waals surface area (Å²) in [5, 5.41) is 3.29. The molecule has 0 radical (unpaired) electrons. The van der Waals surface area contributed by atoms with E-state index in [1.165, 1.54) is 17.8 Å². The molecule has 1 aromatic carbocycles. The van der Waals surface area contributed by atoms with Gasteiger partial charge in [-0.1, -0.05) is 28.1 Å². The molecule has 2 rings (SSSR count). The van der Waals surface area contributed by atoms with Crippen molar-refractivity contribution in [1.82, 2.24) is 4.98 Å². The molecule has 0 saturated carbocycles. The van der Waals surface area contributed by atoms with Gasteiger partial charge >= 0.3 is 0 Å². The Balaban J connectivity index is 1.94. The molecule has 1 N–H and O–H groups in total. The minimum Gasteiger partial charge on any atom is -0.381 e. The van der Waals surface area contributed by atoms with E-state index in [1.807, 2.05) is 12.1 Å². The fraction of sp³-hybridized carbons (Fsp3) is 0.214. The molecule has 18 heavy (non-hydrogen) atoms. The Morgan fingerprint density at radius 1 is 1.22 bits per heavy atom. The summed E-state index contributed by atoms with van der Waals surface area (Å²) in [5.41, 5.74) is 2.09. The number of hydrogen-bond donors (Lipinski definition) is 1. The lowest BCUT2D eigenvalue weighted by atomic mass is 10.1. The lowest BCUT2D eigenvalue weighted by Gasteiger charge is -2.15. The van der Waals surface area contributed by atoms with Crippen molar-refractivity contribution < 1.29 is 4.39 Å². The minimum atomic E-state index is -0.457. The second-order valence-electron chi connectivity index (χ2n) is 4.25. The fourth-order valence-corrected chi connectivity index (χ4v) is 2.04. The van der Waals surface area contributed by atoms with Crippen molar-refractivity contribution in [3.8, 4) is 0 Å². The Kier molecular flexibility index (Phi) is 4.31. The van der Waals surface area contributed by atoms with Gasteiger partial charge in [0.15, 0.2) is 0 Å². The highest BCUT2D eigenvalue weighted by Gasteiger charge is 2.04. The molecule has 1 heterocycles. The second-order valence-corrected chi connectivity index (χ2v) is 5.16. The van der Waals surface area contributed by atoms with Crippen LogP contribution >= 0.6 is 15.9 Å². The van der Waals surface area contributed by atoms with Gasteiger partial charge in [0.05, 0.1) is 11.9 Å². The highest BCUT2D eigenvalue weighted by Crippen LogP contribution is 2.14. The quantitative estimate of drug-likeness (QED) is 0.863. The van der Waals surface area contributed by atoms with Gasteiger partial charge in [-0.2, -0.15) is 4.39 Å². The van der Waals surface area contributed by atoms with E-state index in [9.17, 15) is 4.39 Å². The van der Waals surface area contributed by atoms with Crippen LogP contribution in [0, 0.1) is 5.95 Å². The van der Waals surface area contributed by atoms with Gasteiger partial charge in [0.1, 0.15) is 0 Å². The predicted molar refractivity (Wildman–Crippen MR) is 75.1 cm³/mol. The van der Waals surface area contributed by atoms with E-state index in [1.54, 1.807) is 6.07 Å². The number of halogens is 2. The SMILES string of the molecule is CC(Cc1ccc(Br)cc1)Nc1ccc(F)nc1. The molecule has 0 saturated heterocycles.